The molecular formula is C9H10Cl2N2O4S. The number of sulfonamides is 1. The second kappa shape index (κ2) is 5.40. The molecule has 1 N–H and O–H groups in total. The Morgan fingerprint density at radius 1 is 1.33 bits per heavy atom. The van der Waals surface area contributed by atoms with Crippen LogP contribution >= 0.6 is 23.2 Å². The van der Waals surface area contributed by atoms with Gasteiger partial charge in [0.05, 0.1) is 4.92 Å². The molecule has 0 heterocycles. The fourth-order valence-electron chi connectivity index (χ4n) is 1.27. The van der Waals surface area contributed by atoms with Gasteiger partial charge in [-0.2, -0.15) is 0 Å². The minimum atomic E-state index is -3.91. The first-order chi connectivity index (χ1) is 8.16. The number of nitrogens with zero attached hydrogens (tertiary/aromatic N) is 1. The summed E-state index contributed by atoms with van der Waals surface area (Å²) in [6.07, 6.45) is 0. The fraction of sp³-hybridized carbons (Fsp3) is 0.333. The summed E-state index contributed by atoms with van der Waals surface area (Å²) in [4.78, 5) is 9.58. The first-order valence-corrected chi connectivity index (χ1v) is 7.05. The van der Waals surface area contributed by atoms with Gasteiger partial charge in [-0.05, 0) is 26.0 Å². The summed E-state index contributed by atoms with van der Waals surface area (Å²) in [5, 5.41) is 10.1. The van der Waals surface area contributed by atoms with Crippen LogP contribution in [0.4, 0.5) is 5.69 Å². The lowest BCUT2D eigenvalue weighted by atomic mass is 10.3. The summed E-state index contributed by atoms with van der Waals surface area (Å²) in [5.41, 5.74) is -0.620. The van der Waals surface area contributed by atoms with Gasteiger partial charge in [-0.25, -0.2) is 13.1 Å². The van der Waals surface area contributed by atoms with Crippen LogP contribution < -0.4 is 4.72 Å². The van der Waals surface area contributed by atoms with Gasteiger partial charge in [0.1, 0.15) is 14.9 Å². The summed E-state index contributed by atoms with van der Waals surface area (Å²) in [6, 6.07) is 1.89. The predicted octanol–water partition coefficient (Wildman–Crippen LogP) is 2.59. The van der Waals surface area contributed by atoms with E-state index in [1.54, 1.807) is 13.8 Å². The Morgan fingerprint density at radius 3 is 2.33 bits per heavy atom. The molecule has 0 aliphatic carbocycles. The van der Waals surface area contributed by atoms with E-state index in [0.717, 1.165) is 12.1 Å². The third-order valence-corrected chi connectivity index (χ3v) is 4.40. The molecular weight excluding hydrogens is 303 g/mol. The van der Waals surface area contributed by atoms with Gasteiger partial charge in [0.2, 0.25) is 10.0 Å². The summed E-state index contributed by atoms with van der Waals surface area (Å²) in [6.45, 7) is 3.24. The normalized spacial score (nSPS) is 11.8. The molecule has 0 atom stereocenters. The SMILES string of the molecule is CC(C)NS(=O)(=O)c1ccc(Cl)c([N+](=O)[O-])c1Cl. The largest absolute Gasteiger partial charge is 0.307 e. The van der Waals surface area contributed by atoms with Gasteiger partial charge in [-0.3, -0.25) is 10.1 Å². The third-order valence-electron chi connectivity index (χ3n) is 1.89. The molecule has 0 radical (unpaired) electrons. The second-order valence-corrected chi connectivity index (χ2v) is 6.21. The monoisotopic (exact) mass is 312 g/mol. The molecule has 9 heteroatoms. The maximum atomic E-state index is 11.9. The average Bonchev–Trinajstić information content (AvgIpc) is 2.13. The zero-order chi connectivity index (χ0) is 14.1. The van der Waals surface area contributed by atoms with E-state index < -0.39 is 25.7 Å². The van der Waals surface area contributed by atoms with Crippen molar-refractivity contribution >= 4 is 38.9 Å². The quantitative estimate of drug-likeness (QED) is 0.683. The van der Waals surface area contributed by atoms with Crippen molar-refractivity contribution in [2.24, 2.45) is 0 Å². The van der Waals surface area contributed by atoms with E-state index in [1.165, 1.54) is 0 Å². The first kappa shape index (κ1) is 15.2. The van der Waals surface area contributed by atoms with E-state index in [-0.39, 0.29) is 16.0 Å². The molecule has 0 saturated heterocycles. The van der Waals surface area contributed by atoms with Gasteiger partial charge in [0, 0.05) is 6.04 Å². The number of hydrogen-bond donors (Lipinski definition) is 1. The van der Waals surface area contributed by atoms with Crippen molar-refractivity contribution in [1.82, 2.24) is 4.72 Å². The van der Waals surface area contributed by atoms with Crippen LogP contribution in [0.25, 0.3) is 0 Å². The lowest BCUT2D eigenvalue weighted by Gasteiger charge is -2.11. The molecule has 0 saturated carbocycles. The fourth-order valence-corrected chi connectivity index (χ4v) is 3.41. The van der Waals surface area contributed by atoms with Crippen molar-refractivity contribution in [3.63, 3.8) is 0 Å². The van der Waals surface area contributed by atoms with E-state index in [9.17, 15) is 18.5 Å². The maximum absolute atomic E-state index is 11.9. The Hall–Kier alpha value is -0.890. The molecule has 0 unspecified atom stereocenters. The van der Waals surface area contributed by atoms with Crippen molar-refractivity contribution < 1.29 is 13.3 Å². The van der Waals surface area contributed by atoms with E-state index >= 15 is 0 Å². The van der Waals surface area contributed by atoms with Crippen molar-refractivity contribution in [3.8, 4) is 0 Å². The van der Waals surface area contributed by atoms with Crippen molar-refractivity contribution in [1.29, 1.82) is 0 Å². The van der Waals surface area contributed by atoms with Gasteiger partial charge in [-0.15, -0.1) is 0 Å². The van der Waals surface area contributed by atoms with Crippen LogP contribution in [0.5, 0.6) is 0 Å². The molecule has 0 amide bonds. The first-order valence-electron chi connectivity index (χ1n) is 4.81. The van der Waals surface area contributed by atoms with Crippen LogP contribution in [-0.2, 0) is 10.0 Å². The number of benzene rings is 1. The van der Waals surface area contributed by atoms with Gasteiger partial charge in [-0.1, -0.05) is 23.2 Å². The van der Waals surface area contributed by atoms with Gasteiger partial charge in [0.25, 0.3) is 0 Å². The number of halogens is 2. The van der Waals surface area contributed by atoms with Crippen LogP contribution in [-0.4, -0.2) is 19.4 Å². The molecule has 0 spiro atoms. The number of nitro benzene ring substituents is 1. The Morgan fingerprint density at radius 2 is 1.89 bits per heavy atom. The molecule has 1 aromatic carbocycles. The summed E-state index contributed by atoms with van der Waals surface area (Å²) < 4.78 is 26.1. The highest BCUT2D eigenvalue weighted by Gasteiger charge is 2.27. The standard InChI is InChI=1S/C9H10Cl2N2O4S/c1-5(2)12-18(16,17)7-4-3-6(10)9(8(7)11)13(14)15/h3-5,12H,1-2H3. The molecule has 0 aliphatic rings. The molecule has 0 aliphatic heterocycles. The molecule has 1 aromatic rings. The highest BCUT2D eigenvalue weighted by Crippen LogP contribution is 2.36. The second-order valence-electron chi connectivity index (χ2n) is 3.74. The topological polar surface area (TPSA) is 89.3 Å². The van der Waals surface area contributed by atoms with Gasteiger partial charge in [0.15, 0.2) is 0 Å². The van der Waals surface area contributed by atoms with E-state index in [1.807, 2.05) is 0 Å². The Bertz CT molecular complexity index is 586. The maximum Gasteiger partial charge on any atom is 0.307 e. The molecule has 100 valence electrons. The molecule has 18 heavy (non-hydrogen) atoms. The Balaban J connectivity index is 3.45. The number of nitrogens with one attached hydrogen (secondary N) is 1. The van der Waals surface area contributed by atoms with Crippen LogP contribution in [0.15, 0.2) is 17.0 Å². The Labute approximate surface area is 114 Å². The highest BCUT2D eigenvalue weighted by atomic mass is 35.5. The van der Waals surface area contributed by atoms with Crippen molar-refractivity contribution in [3.05, 3.63) is 32.3 Å². The van der Waals surface area contributed by atoms with Crippen LogP contribution in [0.1, 0.15) is 13.8 Å². The van der Waals surface area contributed by atoms with E-state index in [0.29, 0.717) is 0 Å². The number of hydrogen-bond acceptors (Lipinski definition) is 4. The lowest BCUT2D eigenvalue weighted by Crippen LogP contribution is -2.30. The number of nitro groups is 1. The van der Waals surface area contributed by atoms with Crippen molar-refractivity contribution in [2.45, 2.75) is 24.8 Å². The minimum absolute atomic E-state index is 0.214. The molecule has 6 nitrogen and oxygen atoms in total. The minimum Gasteiger partial charge on any atom is -0.258 e. The molecule has 0 aromatic heterocycles. The van der Waals surface area contributed by atoms with Crippen LogP contribution in [0, 0.1) is 10.1 Å². The zero-order valence-corrected chi connectivity index (χ0v) is 11.8. The lowest BCUT2D eigenvalue weighted by molar-refractivity contribution is -0.384. The molecule has 0 fully saturated rings. The van der Waals surface area contributed by atoms with Gasteiger partial charge < -0.3 is 0 Å². The zero-order valence-electron chi connectivity index (χ0n) is 9.48. The summed E-state index contributed by atoms with van der Waals surface area (Å²) >= 11 is 11.3. The average molecular weight is 313 g/mol. The predicted molar refractivity (Wildman–Crippen MR) is 68.6 cm³/mol. The smallest absolute Gasteiger partial charge is 0.258 e. The Kier molecular flexibility index (Phi) is 4.55. The highest BCUT2D eigenvalue weighted by molar-refractivity contribution is 7.89. The third kappa shape index (κ3) is 3.11. The molecule has 0 bridgehead atoms. The van der Waals surface area contributed by atoms with Crippen LogP contribution in [0.3, 0.4) is 0 Å². The summed E-state index contributed by atoms with van der Waals surface area (Å²) in [5.74, 6) is 0. The van der Waals surface area contributed by atoms with Crippen molar-refractivity contribution in [2.75, 3.05) is 0 Å². The molecule has 1 rings (SSSR count). The van der Waals surface area contributed by atoms with E-state index in [2.05, 4.69) is 4.72 Å². The summed E-state index contributed by atoms with van der Waals surface area (Å²) in [7, 11) is -3.91. The van der Waals surface area contributed by atoms with E-state index in [4.69, 9.17) is 23.2 Å². The number of rotatable bonds is 4. The van der Waals surface area contributed by atoms with Crippen LogP contribution in [0.2, 0.25) is 10.0 Å². The van der Waals surface area contributed by atoms with Gasteiger partial charge >= 0.3 is 5.69 Å².